The zero-order chi connectivity index (χ0) is 15.7. The van der Waals surface area contributed by atoms with E-state index in [0.717, 1.165) is 0 Å². The highest BCUT2D eigenvalue weighted by molar-refractivity contribution is 6.42. The monoisotopic (exact) mass is 325 g/mol. The van der Waals surface area contributed by atoms with Gasteiger partial charge in [0.25, 0.3) is 0 Å². The molecule has 0 spiro atoms. The Morgan fingerprint density at radius 3 is 2.52 bits per heavy atom. The Labute approximate surface area is 133 Å². The molecule has 0 aliphatic rings. The molecule has 0 saturated carbocycles. The predicted molar refractivity (Wildman–Crippen MR) is 81.2 cm³/mol. The molecule has 112 valence electrons. The van der Waals surface area contributed by atoms with Crippen LogP contribution in [0.5, 0.6) is 0 Å². The Kier molecular flexibility index (Phi) is 4.59. The first-order valence-corrected chi connectivity index (χ1v) is 7.32. The number of rotatable bonds is 4. The third-order valence-electron chi connectivity index (χ3n) is 3.14. The summed E-state index contributed by atoms with van der Waals surface area (Å²) in [7, 11) is 0. The Bertz CT molecular complexity index is 693. The van der Waals surface area contributed by atoms with E-state index in [-0.39, 0.29) is 5.56 Å². The lowest BCUT2D eigenvalue weighted by Crippen LogP contribution is -2.24. The van der Waals surface area contributed by atoms with Crippen LogP contribution in [-0.4, -0.2) is 15.7 Å². The lowest BCUT2D eigenvalue weighted by Gasteiger charge is -2.07. The zero-order valence-electron chi connectivity index (χ0n) is 12.0. The van der Waals surface area contributed by atoms with Crippen LogP contribution < -0.4 is 5.11 Å². The van der Waals surface area contributed by atoms with Crippen LogP contribution in [0.1, 0.15) is 35.6 Å². The molecule has 0 atom stereocenters. The highest BCUT2D eigenvalue weighted by atomic mass is 35.5. The second kappa shape index (κ2) is 6.08. The summed E-state index contributed by atoms with van der Waals surface area (Å²) in [5.74, 6) is -0.922. The van der Waals surface area contributed by atoms with Crippen molar-refractivity contribution >= 4 is 29.2 Å². The van der Waals surface area contributed by atoms with E-state index in [2.05, 4.69) is 5.10 Å². The van der Waals surface area contributed by atoms with E-state index in [0.29, 0.717) is 39.5 Å². The van der Waals surface area contributed by atoms with Gasteiger partial charge < -0.3 is 9.90 Å². The molecule has 0 saturated heterocycles. The Morgan fingerprint density at radius 2 is 2.00 bits per heavy atom. The predicted octanol–water partition coefficient (Wildman–Crippen LogP) is 3.05. The van der Waals surface area contributed by atoms with Gasteiger partial charge in [-0.2, -0.15) is 5.10 Å². The quantitative estimate of drug-likeness (QED) is 0.868. The summed E-state index contributed by atoms with van der Waals surface area (Å²) in [6.07, 6.45) is 0.568. The largest absolute Gasteiger partial charge is 0.545 e. The minimum atomic E-state index is -1.21. The standard InChI is InChI=1S/C15H16Cl2N2O2/c1-8(2)6-13-14(15(20)21)9(3)19(18-13)10-4-5-11(16)12(17)7-10/h4-5,7-8H,6H2,1-3H3,(H,20,21)/p-1. The smallest absolute Gasteiger partial charge is 0.0752 e. The van der Waals surface area contributed by atoms with Gasteiger partial charge in [-0.25, -0.2) is 4.68 Å². The number of aromatic nitrogens is 2. The first kappa shape index (κ1) is 15.9. The second-order valence-electron chi connectivity index (χ2n) is 5.30. The summed E-state index contributed by atoms with van der Waals surface area (Å²) >= 11 is 11.9. The maximum absolute atomic E-state index is 11.4. The molecule has 0 unspecified atom stereocenters. The van der Waals surface area contributed by atoms with Gasteiger partial charge in [-0.3, -0.25) is 0 Å². The van der Waals surface area contributed by atoms with Crippen LogP contribution in [0.3, 0.4) is 0 Å². The zero-order valence-corrected chi connectivity index (χ0v) is 13.5. The van der Waals surface area contributed by atoms with Gasteiger partial charge in [0.05, 0.1) is 33.1 Å². The van der Waals surface area contributed by atoms with Crippen molar-refractivity contribution in [3.8, 4) is 5.69 Å². The van der Waals surface area contributed by atoms with Gasteiger partial charge in [0.1, 0.15) is 0 Å². The van der Waals surface area contributed by atoms with Crippen LogP contribution in [0.25, 0.3) is 5.69 Å². The molecule has 0 amide bonds. The molecule has 4 nitrogen and oxygen atoms in total. The maximum atomic E-state index is 11.4. The second-order valence-corrected chi connectivity index (χ2v) is 6.12. The fourth-order valence-corrected chi connectivity index (χ4v) is 2.52. The summed E-state index contributed by atoms with van der Waals surface area (Å²) in [6.45, 7) is 5.71. The molecular formula is C15H15Cl2N2O2-. The lowest BCUT2D eigenvalue weighted by molar-refractivity contribution is -0.255. The number of halogens is 2. The van der Waals surface area contributed by atoms with Crippen LogP contribution >= 0.6 is 23.2 Å². The van der Waals surface area contributed by atoms with E-state index in [9.17, 15) is 9.90 Å². The fraction of sp³-hybridized carbons (Fsp3) is 0.333. The molecule has 0 bridgehead atoms. The summed E-state index contributed by atoms with van der Waals surface area (Å²) in [5.41, 5.74) is 1.85. The average Bonchev–Trinajstić information content (AvgIpc) is 2.69. The molecule has 0 fully saturated rings. The first-order chi connectivity index (χ1) is 9.81. The van der Waals surface area contributed by atoms with Crippen LogP contribution in [-0.2, 0) is 6.42 Å². The molecule has 6 heteroatoms. The van der Waals surface area contributed by atoms with Crippen molar-refractivity contribution in [3.63, 3.8) is 0 Å². The van der Waals surface area contributed by atoms with E-state index in [1.54, 1.807) is 29.8 Å². The number of carbonyl (C=O) groups is 1. The number of benzene rings is 1. The number of hydrogen-bond acceptors (Lipinski definition) is 3. The van der Waals surface area contributed by atoms with E-state index in [1.165, 1.54) is 0 Å². The Morgan fingerprint density at radius 1 is 1.33 bits per heavy atom. The molecule has 0 aliphatic heterocycles. The van der Waals surface area contributed by atoms with E-state index >= 15 is 0 Å². The molecule has 21 heavy (non-hydrogen) atoms. The molecule has 2 aromatic rings. The van der Waals surface area contributed by atoms with Crippen molar-refractivity contribution in [3.05, 3.63) is 45.2 Å². The van der Waals surface area contributed by atoms with Gasteiger partial charge in [-0.1, -0.05) is 37.0 Å². The lowest BCUT2D eigenvalue weighted by atomic mass is 10.0. The van der Waals surface area contributed by atoms with Gasteiger partial charge >= 0.3 is 0 Å². The Hall–Kier alpha value is -1.52. The molecule has 1 aromatic heterocycles. The van der Waals surface area contributed by atoms with E-state index < -0.39 is 5.97 Å². The van der Waals surface area contributed by atoms with Gasteiger partial charge in [-0.15, -0.1) is 0 Å². The Balaban J connectivity index is 2.58. The molecule has 0 N–H and O–H groups in total. The highest BCUT2D eigenvalue weighted by Gasteiger charge is 2.17. The van der Waals surface area contributed by atoms with Crippen LogP contribution in [0, 0.1) is 12.8 Å². The molecule has 1 heterocycles. The summed E-state index contributed by atoms with van der Waals surface area (Å²) < 4.78 is 1.56. The van der Waals surface area contributed by atoms with Gasteiger partial charge in [0.2, 0.25) is 0 Å². The third kappa shape index (κ3) is 3.22. The number of carboxylic acids is 1. The first-order valence-electron chi connectivity index (χ1n) is 6.56. The van der Waals surface area contributed by atoms with Crippen molar-refractivity contribution in [2.24, 2.45) is 5.92 Å². The van der Waals surface area contributed by atoms with Crippen molar-refractivity contribution in [2.75, 3.05) is 0 Å². The summed E-state index contributed by atoms with van der Waals surface area (Å²) in [6, 6.07) is 5.05. The van der Waals surface area contributed by atoms with E-state index in [1.807, 2.05) is 13.8 Å². The third-order valence-corrected chi connectivity index (χ3v) is 3.88. The maximum Gasteiger partial charge on any atom is 0.0752 e. The van der Waals surface area contributed by atoms with Crippen molar-refractivity contribution < 1.29 is 9.90 Å². The summed E-state index contributed by atoms with van der Waals surface area (Å²) in [5, 5.41) is 16.6. The normalized spacial score (nSPS) is 11.1. The van der Waals surface area contributed by atoms with E-state index in [4.69, 9.17) is 23.2 Å². The molecule has 2 rings (SSSR count). The number of hydrogen-bond donors (Lipinski definition) is 0. The van der Waals surface area contributed by atoms with Gasteiger partial charge in [-0.05, 0) is 37.5 Å². The molecule has 0 radical (unpaired) electrons. The minimum absolute atomic E-state index is 0.148. The van der Waals surface area contributed by atoms with Crippen LogP contribution in [0.2, 0.25) is 10.0 Å². The van der Waals surface area contributed by atoms with Crippen LogP contribution in [0.15, 0.2) is 18.2 Å². The fourth-order valence-electron chi connectivity index (χ4n) is 2.22. The molecule has 0 aliphatic carbocycles. The van der Waals surface area contributed by atoms with Gasteiger partial charge in [0, 0.05) is 5.56 Å². The SMILES string of the molecule is Cc1c(C(=O)[O-])c(CC(C)C)nn1-c1ccc(Cl)c(Cl)c1. The van der Waals surface area contributed by atoms with Crippen molar-refractivity contribution in [2.45, 2.75) is 27.2 Å². The highest BCUT2D eigenvalue weighted by Crippen LogP contribution is 2.26. The van der Waals surface area contributed by atoms with Gasteiger partial charge in [0.15, 0.2) is 0 Å². The average molecular weight is 326 g/mol. The number of carbonyl (C=O) groups excluding carboxylic acids is 1. The molecule has 1 aromatic carbocycles. The van der Waals surface area contributed by atoms with Crippen LogP contribution in [0.4, 0.5) is 0 Å². The summed E-state index contributed by atoms with van der Waals surface area (Å²) in [4.78, 5) is 11.4. The number of nitrogens with zero attached hydrogens (tertiary/aromatic N) is 2. The van der Waals surface area contributed by atoms with Crippen molar-refractivity contribution in [1.29, 1.82) is 0 Å². The number of carboxylic acid groups (broad SMARTS) is 1. The minimum Gasteiger partial charge on any atom is -0.545 e. The molecular weight excluding hydrogens is 311 g/mol. The van der Waals surface area contributed by atoms with Crippen molar-refractivity contribution in [1.82, 2.24) is 9.78 Å². The topological polar surface area (TPSA) is 57.9 Å². The number of aromatic carboxylic acids is 1.